The van der Waals surface area contributed by atoms with Crippen molar-refractivity contribution in [1.82, 2.24) is 0 Å². The van der Waals surface area contributed by atoms with E-state index < -0.39 is 0 Å². The van der Waals surface area contributed by atoms with E-state index in [1.54, 1.807) is 0 Å². The van der Waals surface area contributed by atoms with Crippen molar-refractivity contribution in [2.24, 2.45) is 0 Å². The van der Waals surface area contributed by atoms with Gasteiger partial charge in [0.2, 0.25) is 0 Å². The molecule has 2 heteroatoms. The fraction of sp³-hybridized carbons (Fsp3) is 0.467. The first-order valence-corrected chi connectivity index (χ1v) is 6.30. The zero-order valence-electron chi connectivity index (χ0n) is 10.2. The quantitative estimate of drug-likeness (QED) is 0.507. The van der Waals surface area contributed by atoms with E-state index in [-0.39, 0.29) is 0 Å². The maximum absolute atomic E-state index is 5.51. The van der Waals surface area contributed by atoms with Crippen LogP contribution in [0.3, 0.4) is 0 Å². The van der Waals surface area contributed by atoms with Gasteiger partial charge in [-0.25, -0.2) is 0 Å². The van der Waals surface area contributed by atoms with Crippen LogP contribution in [0.5, 0.6) is 0 Å². The summed E-state index contributed by atoms with van der Waals surface area (Å²) in [5, 5.41) is 0. The molecule has 1 saturated heterocycles. The predicted octanol–water partition coefficient (Wildman–Crippen LogP) is 3.07. The number of hydrogen-bond donors (Lipinski definition) is 0. The van der Waals surface area contributed by atoms with E-state index in [0.29, 0.717) is 6.10 Å². The van der Waals surface area contributed by atoms with Gasteiger partial charge < -0.3 is 9.47 Å². The molecule has 0 spiro atoms. The van der Waals surface area contributed by atoms with E-state index >= 15 is 0 Å². The number of ether oxygens (including phenoxy) is 2. The molecule has 17 heavy (non-hydrogen) atoms. The summed E-state index contributed by atoms with van der Waals surface area (Å²) in [7, 11) is 0. The van der Waals surface area contributed by atoms with Gasteiger partial charge in [-0.1, -0.05) is 36.9 Å². The molecule has 1 aliphatic heterocycles. The Bertz CT molecular complexity index is 356. The molecule has 2 nitrogen and oxygen atoms in total. The van der Waals surface area contributed by atoms with Crippen LogP contribution < -0.4 is 0 Å². The molecule has 1 atom stereocenters. The monoisotopic (exact) mass is 232 g/mol. The molecule has 2 rings (SSSR count). The first-order valence-electron chi connectivity index (χ1n) is 6.30. The Kier molecular flexibility index (Phi) is 4.77. The first kappa shape index (κ1) is 12.3. The molecule has 92 valence electrons. The number of aryl methyl sites for hydroxylation is 1. The molecule has 0 saturated carbocycles. The fourth-order valence-electron chi connectivity index (χ4n) is 1.86. The van der Waals surface area contributed by atoms with Crippen molar-refractivity contribution < 1.29 is 9.47 Å². The zero-order chi connectivity index (χ0) is 11.9. The van der Waals surface area contributed by atoms with Crippen molar-refractivity contribution in [1.29, 1.82) is 0 Å². The predicted molar refractivity (Wildman–Crippen MR) is 70.0 cm³/mol. The molecule has 0 N–H and O–H groups in total. The highest BCUT2D eigenvalue weighted by Crippen LogP contribution is 2.13. The molecule has 0 aliphatic carbocycles. The van der Waals surface area contributed by atoms with Crippen LogP contribution in [0.25, 0.3) is 6.08 Å². The molecule has 0 radical (unpaired) electrons. The Morgan fingerprint density at radius 1 is 1.35 bits per heavy atom. The third-order valence-corrected chi connectivity index (χ3v) is 2.97. The lowest BCUT2D eigenvalue weighted by atomic mass is 10.0. The standard InChI is InChI=1S/C15H20O2/c1-2-13-7-3-4-8-14(13)9-5-6-10-16-11-15-12-17-15/h2-4,7-8,15H,1,5-6,9-12H2. The molecule has 1 aromatic rings. The van der Waals surface area contributed by atoms with E-state index in [2.05, 4.69) is 30.8 Å². The number of epoxide rings is 1. The van der Waals surface area contributed by atoms with Crippen LogP contribution in [-0.4, -0.2) is 25.9 Å². The maximum Gasteiger partial charge on any atom is 0.104 e. The smallest absolute Gasteiger partial charge is 0.104 e. The SMILES string of the molecule is C=Cc1ccccc1CCCCOCC1CO1. The summed E-state index contributed by atoms with van der Waals surface area (Å²) in [5.41, 5.74) is 2.63. The molecular formula is C15H20O2. The van der Waals surface area contributed by atoms with Crippen LogP contribution in [-0.2, 0) is 15.9 Å². The number of hydrogen-bond acceptors (Lipinski definition) is 2. The fourth-order valence-corrected chi connectivity index (χ4v) is 1.86. The van der Waals surface area contributed by atoms with Crippen LogP contribution in [0.4, 0.5) is 0 Å². The lowest BCUT2D eigenvalue weighted by Crippen LogP contribution is -2.03. The zero-order valence-corrected chi connectivity index (χ0v) is 10.2. The van der Waals surface area contributed by atoms with Crippen LogP contribution >= 0.6 is 0 Å². The van der Waals surface area contributed by atoms with Crippen molar-refractivity contribution in [2.75, 3.05) is 19.8 Å². The van der Waals surface area contributed by atoms with Crippen molar-refractivity contribution in [3.8, 4) is 0 Å². The molecular weight excluding hydrogens is 212 g/mol. The highest BCUT2D eigenvalue weighted by atomic mass is 16.6. The Morgan fingerprint density at radius 2 is 2.18 bits per heavy atom. The van der Waals surface area contributed by atoms with Gasteiger partial charge in [0.05, 0.1) is 13.2 Å². The van der Waals surface area contributed by atoms with Gasteiger partial charge in [0.1, 0.15) is 6.10 Å². The van der Waals surface area contributed by atoms with E-state index in [1.165, 1.54) is 11.1 Å². The van der Waals surface area contributed by atoms with Gasteiger partial charge in [-0.3, -0.25) is 0 Å². The van der Waals surface area contributed by atoms with Gasteiger partial charge >= 0.3 is 0 Å². The summed E-state index contributed by atoms with van der Waals surface area (Å²) in [5.74, 6) is 0. The molecule has 0 amide bonds. The van der Waals surface area contributed by atoms with E-state index in [0.717, 1.165) is 39.1 Å². The van der Waals surface area contributed by atoms with E-state index in [9.17, 15) is 0 Å². The van der Waals surface area contributed by atoms with Gasteiger partial charge in [-0.2, -0.15) is 0 Å². The number of unbranched alkanes of at least 4 members (excludes halogenated alkanes) is 1. The van der Waals surface area contributed by atoms with Crippen LogP contribution in [0.15, 0.2) is 30.8 Å². The summed E-state index contributed by atoms with van der Waals surface area (Å²) < 4.78 is 10.6. The number of rotatable bonds is 8. The van der Waals surface area contributed by atoms with Gasteiger partial charge in [0.25, 0.3) is 0 Å². The van der Waals surface area contributed by atoms with Gasteiger partial charge in [-0.05, 0) is 30.4 Å². The first-order chi connectivity index (χ1) is 8.40. The minimum Gasteiger partial charge on any atom is -0.379 e. The highest BCUT2D eigenvalue weighted by Gasteiger charge is 2.21. The summed E-state index contributed by atoms with van der Waals surface area (Å²) >= 11 is 0. The summed E-state index contributed by atoms with van der Waals surface area (Å²) in [6.45, 7) is 6.33. The molecule has 0 bridgehead atoms. The topological polar surface area (TPSA) is 21.8 Å². The second-order valence-corrected chi connectivity index (χ2v) is 4.39. The Balaban J connectivity index is 1.61. The molecule has 1 unspecified atom stereocenters. The minimum absolute atomic E-state index is 0.386. The van der Waals surface area contributed by atoms with E-state index in [1.807, 2.05) is 6.08 Å². The normalized spacial score (nSPS) is 18.0. The summed E-state index contributed by atoms with van der Waals surface area (Å²) in [6, 6.07) is 8.43. The molecule has 1 aromatic carbocycles. The van der Waals surface area contributed by atoms with Gasteiger partial charge in [-0.15, -0.1) is 0 Å². The van der Waals surface area contributed by atoms with Crippen molar-refractivity contribution >= 4 is 6.08 Å². The van der Waals surface area contributed by atoms with Crippen molar-refractivity contribution in [2.45, 2.75) is 25.4 Å². The highest BCUT2D eigenvalue weighted by molar-refractivity contribution is 5.51. The summed E-state index contributed by atoms with van der Waals surface area (Å²) in [4.78, 5) is 0. The van der Waals surface area contributed by atoms with Crippen LogP contribution in [0.2, 0.25) is 0 Å². The summed E-state index contributed by atoms with van der Waals surface area (Å²) in [6.07, 6.45) is 5.69. The largest absolute Gasteiger partial charge is 0.379 e. The molecule has 1 heterocycles. The second kappa shape index (κ2) is 6.58. The molecule has 0 aromatic heterocycles. The third-order valence-electron chi connectivity index (χ3n) is 2.97. The van der Waals surface area contributed by atoms with Crippen LogP contribution in [0.1, 0.15) is 24.0 Å². The Labute approximate surface area is 103 Å². The third kappa shape index (κ3) is 4.33. The van der Waals surface area contributed by atoms with Gasteiger partial charge in [0.15, 0.2) is 0 Å². The minimum atomic E-state index is 0.386. The van der Waals surface area contributed by atoms with Gasteiger partial charge in [0, 0.05) is 6.61 Å². The van der Waals surface area contributed by atoms with E-state index in [4.69, 9.17) is 9.47 Å². The Hall–Kier alpha value is -1.12. The molecule has 1 fully saturated rings. The van der Waals surface area contributed by atoms with Crippen LogP contribution in [0, 0.1) is 0 Å². The lowest BCUT2D eigenvalue weighted by molar-refractivity contribution is 0.113. The second-order valence-electron chi connectivity index (χ2n) is 4.39. The number of benzene rings is 1. The maximum atomic E-state index is 5.51. The average molecular weight is 232 g/mol. The molecule has 1 aliphatic rings. The van der Waals surface area contributed by atoms with Crippen molar-refractivity contribution in [3.05, 3.63) is 42.0 Å². The van der Waals surface area contributed by atoms with Crippen molar-refractivity contribution in [3.63, 3.8) is 0 Å². The average Bonchev–Trinajstić information content (AvgIpc) is 3.18. The lowest BCUT2D eigenvalue weighted by Gasteiger charge is -2.06. The Morgan fingerprint density at radius 3 is 2.94 bits per heavy atom.